The van der Waals surface area contributed by atoms with Gasteiger partial charge in [-0.1, -0.05) is 27.7 Å². The number of hydrogen-bond acceptors (Lipinski definition) is 8. The first kappa shape index (κ1) is 55.9. The first-order valence-corrected chi connectivity index (χ1v) is 21.1. The first-order chi connectivity index (χ1) is 27.8. The Morgan fingerprint density at radius 3 is 1.33 bits per heavy atom. The molecule has 0 heterocycles. The average Bonchev–Trinajstić information content (AvgIpc) is 3.07. The fraction of sp³-hybridized carbons (Fsp3) is 0.825. The van der Waals surface area contributed by atoms with E-state index >= 15 is 0 Å². The molecule has 0 saturated heterocycles. The molecule has 3 atom stereocenters. The number of ether oxygens (including phenoxy) is 1. The van der Waals surface area contributed by atoms with Crippen LogP contribution in [0.3, 0.4) is 0 Å². The third-order valence-corrected chi connectivity index (χ3v) is 8.38. The normalized spacial score (nSPS) is 13.4. The Morgan fingerprint density at radius 2 is 0.885 bits per heavy atom. The maximum Gasteiger partial charge on any atom is 0.407 e. The van der Waals surface area contributed by atoms with E-state index in [9.17, 15) is 33.6 Å². The second-order valence-corrected chi connectivity index (χ2v) is 19.5. The maximum absolute atomic E-state index is 12.9. The van der Waals surface area contributed by atoms with Gasteiger partial charge in [0.2, 0.25) is 0 Å². The number of urea groups is 6. The molecule has 0 aromatic rings. The van der Waals surface area contributed by atoms with Crippen molar-refractivity contribution < 1.29 is 38.3 Å². The van der Waals surface area contributed by atoms with Crippen LogP contribution in [-0.2, 0) is 4.74 Å². The Labute approximate surface area is 363 Å². The third kappa shape index (κ3) is 29.7. The zero-order valence-corrected chi connectivity index (χ0v) is 39.7. The van der Waals surface area contributed by atoms with Crippen molar-refractivity contribution in [2.75, 3.05) is 39.3 Å². The van der Waals surface area contributed by atoms with Gasteiger partial charge in [-0.25, -0.2) is 33.6 Å². The summed E-state index contributed by atoms with van der Waals surface area (Å²) in [7, 11) is 0. The predicted octanol–water partition coefficient (Wildman–Crippen LogP) is 2.88. The van der Waals surface area contributed by atoms with Crippen LogP contribution in [0.1, 0.15) is 117 Å². The SMILES string of the molecule is CC(C)C[C@@H](CNC(=O)N[C@@H](C)CNC(=O)N[C@H](CNC(=O)NC(C)(C)CNC(=O)NC(C)(C)CNC(=O)NC(C)(C)CNC(=O)OC(C)(C)C)C(C)C)NC(=O)NC(C)C. The standard InChI is InChI=1S/C40H81N13O8/c1-24(2)17-28(49-35(59)47-26(5)6)19-42-30(54)48-27(7)18-41-31(55)50-29(25(3)4)20-43-32(56)51-38(11,12)21-44-33(57)52-39(13,14)22-45-34(58)53-40(15,16)23-46-36(60)61-37(8,9)10/h24-29H,17-23H2,1-16H3,(H,46,60)(H2,41,50,55)(H2,42,48,54)(H2,43,51,56)(H2,44,52,57)(H2,45,53,58)(H2,47,49,59)/t27-,28-,29+/m0/s1. The lowest BCUT2D eigenvalue weighted by Crippen LogP contribution is -2.60. The van der Waals surface area contributed by atoms with E-state index in [1.165, 1.54) is 0 Å². The highest BCUT2D eigenvalue weighted by Gasteiger charge is 2.28. The molecule has 0 rings (SSSR count). The molecule has 0 radical (unpaired) electrons. The van der Waals surface area contributed by atoms with Gasteiger partial charge < -0.3 is 73.9 Å². The van der Waals surface area contributed by atoms with E-state index in [2.05, 4.69) is 69.1 Å². The van der Waals surface area contributed by atoms with E-state index in [-0.39, 0.29) is 63.3 Å². The van der Waals surface area contributed by atoms with Crippen LogP contribution in [0.2, 0.25) is 0 Å². The molecule has 0 aromatic heterocycles. The minimum Gasteiger partial charge on any atom is -0.444 e. The van der Waals surface area contributed by atoms with Crippen molar-refractivity contribution in [3.63, 3.8) is 0 Å². The van der Waals surface area contributed by atoms with Crippen molar-refractivity contribution in [2.24, 2.45) is 11.8 Å². The smallest absolute Gasteiger partial charge is 0.407 e. The van der Waals surface area contributed by atoms with Crippen LogP contribution in [0.5, 0.6) is 0 Å². The number of carbonyl (C=O) groups excluding carboxylic acids is 7. The molecule has 0 fully saturated rings. The quantitative estimate of drug-likeness (QED) is 0.0766. The minimum atomic E-state index is -0.871. The van der Waals surface area contributed by atoms with Gasteiger partial charge in [-0.15, -0.1) is 0 Å². The molecule has 0 aliphatic carbocycles. The van der Waals surface area contributed by atoms with Gasteiger partial charge in [0.05, 0.1) is 22.7 Å². The van der Waals surface area contributed by atoms with Crippen LogP contribution in [0.15, 0.2) is 0 Å². The van der Waals surface area contributed by atoms with E-state index in [1.807, 2.05) is 41.5 Å². The lowest BCUT2D eigenvalue weighted by atomic mass is 10.0. The van der Waals surface area contributed by atoms with Gasteiger partial charge in [-0.3, -0.25) is 0 Å². The number of hydrogen-bond donors (Lipinski definition) is 13. The van der Waals surface area contributed by atoms with E-state index in [1.54, 1.807) is 69.2 Å². The van der Waals surface area contributed by atoms with Crippen LogP contribution in [-0.4, -0.2) is 128 Å². The number of carbonyl (C=O) groups is 7. The molecular formula is C40H81N13O8. The molecule has 0 aromatic carbocycles. The van der Waals surface area contributed by atoms with E-state index in [0.717, 1.165) is 0 Å². The molecule has 0 aliphatic heterocycles. The lowest BCUT2D eigenvalue weighted by Gasteiger charge is -2.31. The fourth-order valence-electron chi connectivity index (χ4n) is 5.31. The van der Waals surface area contributed by atoms with Gasteiger partial charge in [-0.05, 0) is 101 Å². The van der Waals surface area contributed by atoms with Crippen LogP contribution in [0.4, 0.5) is 33.6 Å². The number of amides is 13. The first-order valence-electron chi connectivity index (χ1n) is 21.1. The lowest BCUT2D eigenvalue weighted by molar-refractivity contribution is 0.0514. The second-order valence-electron chi connectivity index (χ2n) is 19.5. The molecule has 0 spiro atoms. The molecule has 0 aliphatic rings. The van der Waals surface area contributed by atoms with Gasteiger partial charge in [-0.2, -0.15) is 0 Å². The summed E-state index contributed by atoms with van der Waals surface area (Å²) in [4.78, 5) is 87.7. The van der Waals surface area contributed by atoms with Crippen molar-refractivity contribution in [3.05, 3.63) is 0 Å². The highest BCUT2D eigenvalue weighted by Crippen LogP contribution is 2.09. The monoisotopic (exact) mass is 872 g/mol. The zero-order chi connectivity index (χ0) is 47.4. The Hall–Kier alpha value is -5.11. The van der Waals surface area contributed by atoms with Crippen molar-refractivity contribution in [3.8, 4) is 0 Å². The number of alkyl carbamates (subject to hydrolysis) is 1. The summed E-state index contributed by atoms with van der Waals surface area (Å²) in [6.45, 7) is 29.8. The molecule has 21 nitrogen and oxygen atoms in total. The molecule has 13 amide bonds. The van der Waals surface area contributed by atoms with Crippen molar-refractivity contribution >= 4 is 42.3 Å². The Kier molecular flexibility index (Phi) is 23.5. The highest BCUT2D eigenvalue weighted by molar-refractivity contribution is 5.78. The van der Waals surface area contributed by atoms with Gasteiger partial charge in [0.15, 0.2) is 0 Å². The number of nitrogens with one attached hydrogen (secondary N) is 13. The highest BCUT2D eigenvalue weighted by atomic mass is 16.6. The van der Waals surface area contributed by atoms with Gasteiger partial charge in [0.1, 0.15) is 5.60 Å². The van der Waals surface area contributed by atoms with Crippen LogP contribution >= 0.6 is 0 Å². The maximum atomic E-state index is 12.9. The topological polar surface area (TPSA) is 285 Å². The summed E-state index contributed by atoms with van der Waals surface area (Å²) < 4.78 is 5.23. The Bertz CT molecular complexity index is 1430. The number of rotatable bonds is 22. The average molecular weight is 872 g/mol. The van der Waals surface area contributed by atoms with Crippen molar-refractivity contribution in [2.45, 2.75) is 164 Å². The molecule has 0 unspecified atom stereocenters. The largest absolute Gasteiger partial charge is 0.444 e. The molecule has 0 bridgehead atoms. The Morgan fingerprint density at radius 1 is 0.459 bits per heavy atom. The second kappa shape index (κ2) is 25.6. The van der Waals surface area contributed by atoms with Crippen LogP contribution in [0.25, 0.3) is 0 Å². The molecular weight excluding hydrogens is 791 g/mol. The predicted molar refractivity (Wildman–Crippen MR) is 237 cm³/mol. The van der Waals surface area contributed by atoms with Crippen molar-refractivity contribution in [1.82, 2.24) is 69.1 Å². The minimum absolute atomic E-state index is 0.0218. The summed E-state index contributed by atoms with van der Waals surface area (Å²) in [6, 6.07) is -3.85. The summed E-state index contributed by atoms with van der Waals surface area (Å²) in [5.41, 5.74) is -3.17. The molecule has 0 saturated carbocycles. The summed E-state index contributed by atoms with van der Waals surface area (Å²) in [5, 5.41) is 36.1. The summed E-state index contributed by atoms with van der Waals surface area (Å²) in [5.74, 6) is 0.254. The van der Waals surface area contributed by atoms with Gasteiger partial charge in [0.25, 0.3) is 0 Å². The molecule has 21 heteroatoms. The molecule has 354 valence electrons. The van der Waals surface area contributed by atoms with E-state index < -0.39 is 70.6 Å². The summed E-state index contributed by atoms with van der Waals surface area (Å²) >= 11 is 0. The zero-order valence-electron chi connectivity index (χ0n) is 39.7. The van der Waals surface area contributed by atoms with Crippen LogP contribution < -0.4 is 69.1 Å². The van der Waals surface area contributed by atoms with E-state index in [0.29, 0.717) is 12.3 Å². The Balaban J connectivity index is 4.75. The molecule has 13 N–H and O–H groups in total. The van der Waals surface area contributed by atoms with Gasteiger partial charge >= 0.3 is 42.3 Å². The third-order valence-electron chi connectivity index (χ3n) is 8.38. The van der Waals surface area contributed by atoms with Crippen molar-refractivity contribution in [1.29, 1.82) is 0 Å². The van der Waals surface area contributed by atoms with E-state index in [4.69, 9.17) is 4.74 Å². The van der Waals surface area contributed by atoms with Gasteiger partial charge in [0, 0.05) is 57.4 Å². The fourth-order valence-corrected chi connectivity index (χ4v) is 5.31. The molecule has 61 heavy (non-hydrogen) atoms. The summed E-state index contributed by atoms with van der Waals surface area (Å²) in [6.07, 6.45) is 0.0785. The van der Waals surface area contributed by atoms with Crippen LogP contribution in [0, 0.1) is 11.8 Å².